The summed E-state index contributed by atoms with van der Waals surface area (Å²) in [6.45, 7) is 6.40. The Labute approximate surface area is 181 Å². The largest absolute Gasteiger partial charge is 0.483 e. The summed E-state index contributed by atoms with van der Waals surface area (Å²) in [6, 6.07) is 11.1. The van der Waals surface area contributed by atoms with E-state index in [0.29, 0.717) is 13.0 Å². The SMILES string of the molecule is CC(NC(=O)O[C@H]1[C@H](N2CCCCC2=O)c2sccc2OC1(C)C)c1ccccc1. The monoisotopic (exact) mass is 428 g/mol. The zero-order valence-corrected chi connectivity index (χ0v) is 18.4. The van der Waals surface area contributed by atoms with Gasteiger partial charge in [0.15, 0.2) is 6.10 Å². The van der Waals surface area contributed by atoms with Crippen molar-refractivity contribution in [3.05, 3.63) is 52.2 Å². The van der Waals surface area contributed by atoms with E-state index in [1.165, 1.54) is 0 Å². The van der Waals surface area contributed by atoms with Crippen LogP contribution in [0.2, 0.25) is 0 Å². The van der Waals surface area contributed by atoms with Crippen LogP contribution in [0.25, 0.3) is 0 Å². The van der Waals surface area contributed by atoms with E-state index in [1.54, 1.807) is 11.3 Å². The Kier molecular flexibility index (Phi) is 5.73. The summed E-state index contributed by atoms with van der Waals surface area (Å²) in [5, 5.41) is 4.88. The van der Waals surface area contributed by atoms with Crippen LogP contribution in [-0.2, 0) is 9.53 Å². The molecule has 1 N–H and O–H groups in total. The van der Waals surface area contributed by atoms with Crippen molar-refractivity contribution in [2.45, 2.75) is 63.8 Å². The van der Waals surface area contributed by atoms with Gasteiger partial charge in [0.25, 0.3) is 0 Å². The Balaban J connectivity index is 1.58. The number of rotatable bonds is 4. The smallest absolute Gasteiger partial charge is 0.408 e. The van der Waals surface area contributed by atoms with Crippen LogP contribution in [0, 0.1) is 0 Å². The number of piperidine rings is 1. The molecule has 7 heteroatoms. The number of likely N-dealkylation sites (tertiary alicyclic amines) is 1. The summed E-state index contributed by atoms with van der Waals surface area (Å²) in [5.74, 6) is 0.876. The molecule has 1 aromatic heterocycles. The standard InChI is InChI=1S/C23H28N2O4S/c1-15(16-9-5-4-6-10-16)24-22(27)28-21-19(25-13-8-7-11-18(25)26)20-17(12-14-30-20)29-23(21,2)3/h4-6,9-10,12,14-15,19,21H,7-8,11,13H2,1-3H3,(H,24,27)/t15?,19-,21+/m1/s1. The van der Waals surface area contributed by atoms with Gasteiger partial charge in [-0.25, -0.2) is 4.79 Å². The first-order valence-corrected chi connectivity index (χ1v) is 11.3. The molecular formula is C23H28N2O4S. The van der Waals surface area contributed by atoms with Gasteiger partial charge in [-0.2, -0.15) is 0 Å². The molecule has 2 amide bonds. The van der Waals surface area contributed by atoms with Gasteiger partial charge < -0.3 is 19.7 Å². The molecule has 0 spiro atoms. The van der Waals surface area contributed by atoms with Crippen LogP contribution in [0.5, 0.6) is 5.75 Å². The van der Waals surface area contributed by atoms with E-state index < -0.39 is 17.8 Å². The van der Waals surface area contributed by atoms with E-state index in [0.717, 1.165) is 29.0 Å². The molecule has 6 nitrogen and oxygen atoms in total. The van der Waals surface area contributed by atoms with Crippen LogP contribution in [0.3, 0.4) is 0 Å². The summed E-state index contributed by atoms with van der Waals surface area (Å²) >= 11 is 1.54. The Morgan fingerprint density at radius 2 is 2.03 bits per heavy atom. The van der Waals surface area contributed by atoms with Crippen LogP contribution in [0.15, 0.2) is 41.8 Å². The van der Waals surface area contributed by atoms with Crippen molar-refractivity contribution in [3.8, 4) is 5.75 Å². The fourth-order valence-corrected chi connectivity index (χ4v) is 5.21. The number of benzene rings is 1. The van der Waals surface area contributed by atoms with Gasteiger partial charge in [-0.3, -0.25) is 4.79 Å². The van der Waals surface area contributed by atoms with Crippen molar-refractivity contribution >= 4 is 23.3 Å². The van der Waals surface area contributed by atoms with Crippen molar-refractivity contribution in [2.24, 2.45) is 0 Å². The molecule has 4 rings (SSSR count). The Hall–Kier alpha value is -2.54. The number of amides is 2. The van der Waals surface area contributed by atoms with Crippen molar-refractivity contribution in [2.75, 3.05) is 6.54 Å². The second kappa shape index (κ2) is 8.30. The summed E-state index contributed by atoms with van der Waals surface area (Å²) in [7, 11) is 0. The number of hydrogen-bond acceptors (Lipinski definition) is 5. The normalized spacial score (nSPS) is 23.8. The predicted molar refractivity (Wildman–Crippen MR) is 116 cm³/mol. The minimum atomic E-state index is -0.774. The van der Waals surface area contributed by atoms with E-state index in [9.17, 15) is 9.59 Å². The topological polar surface area (TPSA) is 67.9 Å². The summed E-state index contributed by atoms with van der Waals surface area (Å²) < 4.78 is 12.2. The average molecular weight is 429 g/mol. The van der Waals surface area contributed by atoms with Gasteiger partial charge in [-0.15, -0.1) is 11.3 Å². The summed E-state index contributed by atoms with van der Waals surface area (Å²) in [4.78, 5) is 28.4. The molecule has 1 unspecified atom stereocenters. The fraction of sp³-hybridized carbons (Fsp3) is 0.478. The first kappa shape index (κ1) is 20.7. The maximum atomic E-state index is 12.9. The molecule has 3 atom stereocenters. The molecule has 160 valence electrons. The average Bonchev–Trinajstić information content (AvgIpc) is 3.17. The molecule has 0 saturated carbocycles. The molecule has 0 bridgehead atoms. The molecule has 2 aliphatic rings. The van der Waals surface area contributed by atoms with Crippen LogP contribution >= 0.6 is 11.3 Å². The van der Waals surface area contributed by atoms with Crippen molar-refractivity contribution in [1.82, 2.24) is 10.2 Å². The number of alkyl carbamates (subject to hydrolysis) is 1. The fourth-order valence-electron chi connectivity index (χ4n) is 4.25. The number of carbonyl (C=O) groups excluding carboxylic acids is 2. The minimum Gasteiger partial charge on any atom is -0.483 e. The molecule has 2 aliphatic heterocycles. The van der Waals surface area contributed by atoms with Gasteiger partial charge in [0.05, 0.1) is 10.9 Å². The van der Waals surface area contributed by atoms with Crippen molar-refractivity contribution in [3.63, 3.8) is 0 Å². The number of hydrogen-bond donors (Lipinski definition) is 1. The Morgan fingerprint density at radius 1 is 1.27 bits per heavy atom. The van der Waals surface area contributed by atoms with E-state index in [-0.39, 0.29) is 18.0 Å². The van der Waals surface area contributed by atoms with Crippen molar-refractivity contribution in [1.29, 1.82) is 0 Å². The second-order valence-electron chi connectivity index (χ2n) is 8.45. The molecule has 0 aliphatic carbocycles. The van der Waals surface area contributed by atoms with E-state index in [1.807, 2.05) is 67.4 Å². The molecule has 0 radical (unpaired) electrons. The molecular weight excluding hydrogens is 400 g/mol. The van der Waals surface area contributed by atoms with Gasteiger partial charge in [0, 0.05) is 13.0 Å². The van der Waals surface area contributed by atoms with Gasteiger partial charge in [-0.05, 0) is 50.6 Å². The zero-order valence-electron chi connectivity index (χ0n) is 17.6. The van der Waals surface area contributed by atoms with Gasteiger partial charge in [0.2, 0.25) is 5.91 Å². The maximum Gasteiger partial charge on any atom is 0.408 e. The third-order valence-corrected chi connectivity index (χ3v) is 6.80. The molecule has 1 saturated heterocycles. The van der Waals surface area contributed by atoms with Crippen LogP contribution in [0.4, 0.5) is 4.79 Å². The lowest BCUT2D eigenvalue weighted by Crippen LogP contribution is -2.57. The van der Waals surface area contributed by atoms with E-state index in [4.69, 9.17) is 9.47 Å². The Bertz CT molecular complexity index is 911. The highest BCUT2D eigenvalue weighted by Crippen LogP contribution is 2.47. The first-order chi connectivity index (χ1) is 14.4. The minimum absolute atomic E-state index is 0.106. The second-order valence-corrected chi connectivity index (χ2v) is 9.39. The maximum absolute atomic E-state index is 12.9. The number of nitrogens with zero attached hydrogens (tertiary/aromatic N) is 1. The molecule has 2 aromatic rings. The van der Waals surface area contributed by atoms with Crippen LogP contribution in [-0.4, -0.2) is 35.2 Å². The highest BCUT2D eigenvalue weighted by Gasteiger charge is 2.51. The number of carbonyl (C=O) groups is 2. The number of ether oxygens (including phenoxy) is 2. The van der Waals surface area contributed by atoms with Gasteiger partial charge >= 0.3 is 6.09 Å². The summed E-state index contributed by atoms with van der Waals surface area (Å²) in [5.41, 5.74) is 0.223. The predicted octanol–water partition coefficient (Wildman–Crippen LogP) is 4.83. The van der Waals surface area contributed by atoms with Gasteiger partial charge in [-0.1, -0.05) is 30.3 Å². The highest BCUT2D eigenvalue weighted by atomic mass is 32.1. The summed E-state index contributed by atoms with van der Waals surface area (Å²) in [6.07, 6.45) is 1.26. The molecule has 3 heterocycles. The van der Waals surface area contributed by atoms with Crippen LogP contribution < -0.4 is 10.1 Å². The lowest BCUT2D eigenvalue weighted by molar-refractivity contribution is -0.147. The third kappa shape index (κ3) is 4.03. The van der Waals surface area contributed by atoms with E-state index in [2.05, 4.69) is 5.32 Å². The zero-order chi connectivity index (χ0) is 21.3. The van der Waals surface area contributed by atoms with Crippen molar-refractivity contribution < 1.29 is 19.1 Å². The van der Waals surface area contributed by atoms with E-state index >= 15 is 0 Å². The van der Waals surface area contributed by atoms with Crippen LogP contribution in [0.1, 0.15) is 62.6 Å². The highest BCUT2D eigenvalue weighted by molar-refractivity contribution is 7.10. The quantitative estimate of drug-likeness (QED) is 0.757. The molecule has 30 heavy (non-hydrogen) atoms. The Morgan fingerprint density at radius 3 is 2.77 bits per heavy atom. The lowest BCUT2D eigenvalue weighted by Gasteiger charge is -2.47. The lowest BCUT2D eigenvalue weighted by atomic mass is 9.88. The number of nitrogens with one attached hydrogen (secondary N) is 1. The molecule has 1 aromatic carbocycles. The first-order valence-electron chi connectivity index (χ1n) is 10.4. The number of thiophene rings is 1. The van der Waals surface area contributed by atoms with Gasteiger partial charge in [0.1, 0.15) is 17.4 Å². The molecule has 1 fully saturated rings. The number of fused-ring (bicyclic) bond motifs is 1. The third-order valence-electron chi connectivity index (χ3n) is 5.83.